The van der Waals surface area contributed by atoms with Gasteiger partial charge in [0.1, 0.15) is 10.8 Å². The maximum absolute atomic E-state index is 11.4. The fraction of sp³-hybridized carbons (Fsp3) is 0.273. The largest absolute Gasteiger partial charge is 0.431 e. The molecule has 2 rings (SSSR count). The van der Waals surface area contributed by atoms with E-state index in [1.165, 1.54) is 17.4 Å². The van der Waals surface area contributed by atoms with Crippen LogP contribution >= 0.6 is 11.3 Å². The topological polar surface area (TPSA) is 67.4 Å². The van der Waals surface area contributed by atoms with Crippen LogP contribution in [0.3, 0.4) is 0 Å². The van der Waals surface area contributed by atoms with Crippen molar-refractivity contribution in [3.05, 3.63) is 29.3 Å². The van der Waals surface area contributed by atoms with Gasteiger partial charge in [-0.25, -0.2) is 10.2 Å². The molecule has 0 aliphatic heterocycles. The van der Waals surface area contributed by atoms with Gasteiger partial charge >= 0.3 is 6.09 Å². The molecule has 6 heteroatoms. The minimum absolute atomic E-state index is 0.00488. The summed E-state index contributed by atoms with van der Waals surface area (Å²) in [4.78, 5) is 22.5. The molecule has 0 bridgehead atoms. The number of hydrogen-bond acceptors (Lipinski definition) is 5. The van der Waals surface area contributed by atoms with E-state index in [-0.39, 0.29) is 5.78 Å². The van der Waals surface area contributed by atoms with E-state index in [9.17, 15) is 9.59 Å². The van der Waals surface area contributed by atoms with Crippen molar-refractivity contribution in [2.45, 2.75) is 19.3 Å². The average Bonchev–Trinajstić information content (AvgIpc) is 2.79. The summed E-state index contributed by atoms with van der Waals surface area (Å²) >= 11 is 1.46. The van der Waals surface area contributed by atoms with E-state index >= 15 is 0 Å². The lowest BCUT2D eigenvalue weighted by Crippen LogP contribution is -2.29. The summed E-state index contributed by atoms with van der Waals surface area (Å²) < 4.78 is 4.99. The van der Waals surface area contributed by atoms with Crippen molar-refractivity contribution < 1.29 is 14.3 Å². The van der Waals surface area contributed by atoms with Crippen LogP contribution in [0.15, 0.2) is 29.3 Å². The first kappa shape index (κ1) is 11.7. The van der Waals surface area contributed by atoms with Gasteiger partial charge in [0, 0.05) is 18.9 Å². The summed E-state index contributed by atoms with van der Waals surface area (Å²) in [5.41, 5.74) is 5.10. The van der Waals surface area contributed by atoms with Crippen molar-refractivity contribution in [1.29, 1.82) is 0 Å². The molecule has 1 amide bonds. The SMILES string of the molecule is O=C1C=C(OC(=O)NNc2cccs2)CCC1. The van der Waals surface area contributed by atoms with Crippen LogP contribution in [0.25, 0.3) is 0 Å². The van der Waals surface area contributed by atoms with Crippen LogP contribution in [0.4, 0.5) is 9.80 Å². The standard InChI is InChI=1S/C11H12N2O3S/c14-8-3-1-4-9(7-8)16-11(15)13-12-10-5-2-6-17-10/h2,5-7,12H,1,3-4H2,(H,13,15). The average molecular weight is 252 g/mol. The predicted octanol–water partition coefficient (Wildman–Crippen LogP) is 2.44. The quantitative estimate of drug-likeness (QED) is 0.811. The Kier molecular flexibility index (Phi) is 3.77. The van der Waals surface area contributed by atoms with Gasteiger partial charge in [0.25, 0.3) is 0 Å². The Morgan fingerprint density at radius 2 is 2.29 bits per heavy atom. The molecule has 1 heterocycles. The molecule has 0 radical (unpaired) electrons. The summed E-state index contributed by atoms with van der Waals surface area (Å²) in [5, 5.41) is 2.70. The number of ether oxygens (including phenoxy) is 1. The van der Waals surface area contributed by atoms with Crippen LogP contribution in [0, 0.1) is 0 Å². The molecule has 2 N–H and O–H groups in total. The number of amides is 1. The van der Waals surface area contributed by atoms with E-state index in [0.717, 1.165) is 11.4 Å². The maximum Gasteiger partial charge on any atom is 0.431 e. The summed E-state index contributed by atoms with van der Waals surface area (Å²) in [6, 6.07) is 3.69. The Hall–Kier alpha value is -1.82. The summed E-state index contributed by atoms with van der Waals surface area (Å²) in [6.07, 6.45) is 2.66. The fourth-order valence-corrected chi connectivity index (χ4v) is 2.02. The van der Waals surface area contributed by atoms with Crippen LogP contribution < -0.4 is 10.9 Å². The molecule has 0 saturated carbocycles. The molecule has 1 aliphatic rings. The second kappa shape index (κ2) is 5.49. The zero-order valence-corrected chi connectivity index (χ0v) is 9.88. The molecule has 1 aromatic heterocycles. The number of nitrogens with one attached hydrogen (secondary N) is 2. The predicted molar refractivity (Wildman–Crippen MR) is 64.5 cm³/mol. The molecule has 0 unspecified atom stereocenters. The molecule has 0 atom stereocenters. The number of carbonyl (C=O) groups is 2. The summed E-state index contributed by atoms with van der Waals surface area (Å²) in [7, 11) is 0. The molecule has 1 aromatic rings. The second-order valence-corrected chi connectivity index (χ2v) is 4.50. The van der Waals surface area contributed by atoms with Gasteiger partial charge in [-0.3, -0.25) is 10.2 Å². The maximum atomic E-state index is 11.4. The lowest BCUT2D eigenvalue weighted by atomic mass is 10.1. The van der Waals surface area contributed by atoms with Gasteiger partial charge in [-0.15, -0.1) is 11.3 Å². The van der Waals surface area contributed by atoms with Crippen molar-refractivity contribution in [3.63, 3.8) is 0 Å². The van der Waals surface area contributed by atoms with Crippen molar-refractivity contribution in [1.82, 2.24) is 5.43 Å². The number of ketones is 1. The number of allylic oxidation sites excluding steroid dienone is 2. The Labute approximate surface area is 102 Å². The van der Waals surface area contributed by atoms with Gasteiger partial charge in [0.05, 0.1) is 0 Å². The van der Waals surface area contributed by atoms with Gasteiger partial charge in [-0.2, -0.15) is 0 Å². The van der Waals surface area contributed by atoms with Gasteiger partial charge in [-0.05, 0) is 23.9 Å². The minimum Gasteiger partial charge on any atom is -0.414 e. The number of hydrazine groups is 1. The number of thiophene rings is 1. The van der Waals surface area contributed by atoms with Gasteiger partial charge in [-0.1, -0.05) is 0 Å². The van der Waals surface area contributed by atoms with E-state index in [4.69, 9.17) is 4.74 Å². The molecule has 1 aliphatic carbocycles. The molecule has 90 valence electrons. The lowest BCUT2D eigenvalue weighted by molar-refractivity contribution is -0.115. The van der Waals surface area contributed by atoms with Crippen molar-refractivity contribution in [3.8, 4) is 0 Å². The first-order valence-electron chi connectivity index (χ1n) is 5.25. The molecule has 0 aromatic carbocycles. The van der Waals surface area contributed by atoms with Crippen LogP contribution in [0.5, 0.6) is 0 Å². The number of carbonyl (C=O) groups excluding carboxylic acids is 2. The number of hydrogen-bond donors (Lipinski definition) is 2. The zero-order chi connectivity index (χ0) is 12.1. The highest BCUT2D eigenvalue weighted by molar-refractivity contribution is 7.14. The Morgan fingerprint density at radius 1 is 1.41 bits per heavy atom. The Balaban J connectivity index is 1.79. The van der Waals surface area contributed by atoms with Crippen LogP contribution in [0.2, 0.25) is 0 Å². The third-order valence-corrected chi connectivity index (χ3v) is 2.99. The van der Waals surface area contributed by atoms with E-state index < -0.39 is 6.09 Å². The molecule has 0 saturated heterocycles. The third-order valence-electron chi connectivity index (χ3n) is 2.20. The first-order chi connectivity index (χ1) is 8.24. The second-order valence-electron chi connectivity index (χ2n) is 3.55. The number of rotatable bonds is 3. The monoisotopic (exact) mass is 252 g/mol. The molecule has 17 heavy (non-hydrogen) atoms. The van der Waals surface area contributed by atoms with E-state index in [0.29, 0.717) is 18.6 Å². The van der Waals surface area contributed by atoms with Crippen molar-refractivity contribution >= 4 is 28.2 Å². The highest BCUT2D eigenvalue weighted by Crippen LogP contribution is 2.16. The number of anilines is 1. The van der Waals surface area contributed by atoms with E-state index in [1.807, 2.05) is 17.5 Å². The third kappa shape index (κ3) is 3.60. The first-order valence-corrected chi connectivity index (χ1v) is 6.13. The summed E-state index contributed by atoms with van der Waals surface area (Å²) in [5.74, 6) is 0.428. The van der Waals surface area contributed by atoms with Gasteiger partial charge in [0.15, 0.2) is 5.78 Å². The van der Waals surface area contributed by atoms with Crippen LogP contribution in [0.1, 0.15) is 19.3 Å². The summed E-state index contributed by atoms with van der Waals surface area (Å²) in [6.45, 7) is 0. The van der Waals surface area contributed by atoms with Gasteiger partial charge in [0.2, 0.25) is 0 Å². The smallest absolute Gasteiger partial charge is 0.414 e. The molecular weight excluding hydrogens is 240 g/mol. The highest BCUT2D eigenvalue weighted by atomic mass is 32.1. The molecule has 0 fully saturated rings. The zero-order valence-electron chi connectivity index (χ0n) is 9.06. The van der Waals surface area contributed by atoms with E-state index in [1.54, 1.807) is 0 Å². The Morgan fingerprint density at radius 3 is 3.00 bits per heavy atom. The molecular formula is C11H12N2O3S. The highest BCUT2D eigenvalue weighted by Gasteiger charge is 2.14. The van der Waals surface area contributed by atoms with Crippen molar-refractivity contribution in [2.24, 2.45) is 0 Å². The van der Waals surface area contributed by atoms with Gasteiger partial charge < -0.3 is 4.74 Å². The van der Waals surface area contributed by atoms with Crippen LogP contribution in [-0.2, 0) is 9.53 Å². The minimum atomic E-state index is -0.612. The molecule has 0 spiro atoms. The van der Waals surface area contributed by atoms with E-state index in [2.05, 4.69) is 10.9 Å². The Bertz CT molecular complexity index is 440. The lowest BCUT2D eigenvalue weighted by Gasteiger charge is -2.12. The fourth-order valence-electron chi connectivity index (χ4n) is 1.45. The molecule has 5 nitrogen and oxygen atoms in total. The van der Waals surface area contributed by atoms with Crippen molar-refractivity contribution in [2.75, 3.05) is 5.43 Å². The van der Waals surface area contributed by atoms with Crippen LogP contribution in [-0.4, -0.2) is 11.9 Å². The normalized spacial score (nSPS) is 15.1.